The summed E-state index contributed by atoms with van der Waals surface area (Å²) in [5, 5.41) is 3.06. The number of hydrogen-bond acceptors (Lipinski definition) is 4. The van der Waals surface area contributed by atoms with Crippen LogP contribution in [0.4, 0.5) is 4.39 Å². The molecular formula is C13H19ClFN3O2S. The Morgan fingerprint density at radius 1 is 1.33 bits per heavy atom. The lowest BCUT2D eigenvalue weighted by molar-refractivity contribution is 0.239. The molecule has 5 nitrogen and oxygen atoms in total. The number of nitrogens with one attached hydrogen (secondary N) is 2. The van der Waals surface area contributed by atoms with E-state index >= 15 is 0 Å². The summed E-state index contributed by atoms with van der Waals surface area (Å²) in [6.45, 7) is 4.95. The molecule has 1 aromatic rings. The SMILES string of the molecule is O=S(=O)(NCCCN1CCNCC1)c1cccc(Cl)c1F. The summed E-state index contributed by atoms with van der Waals surface area (Å²) in [5.74, 6) is -0.909. The van der Waals surface area contributed by atoms with E-state index in [-0.39, 0.29) is 11.6 Å². The smallest absolute Gasteiger partial charge is 0.243 e. The molecule has 1 aliphatic heterocycles. The van der Waals surface area contributed by atoms with Gasteiger partial charge in [0.05, 0.1) is 5.02 Å². The Kier molecular flexibility index (Phi) is 5.95. The highest BCUT2D eigenvalue weighted by molar-refractivity contribution is 7.89. The molecule has 0 aliphatic carbocycles. The summed E-state index contributed by atoms with van der Waals surface area (Å²) >= 11 is 5.60. The number of rotatable bonds is 6. The second-order valence-corrected chi connectivity index (χ2v) is 7.04. The molecule has 1 aliphatic rings. The highest BCUT2D eigenvalue weighted by atomic mass is 35.5. The molecule has 0 unspecified atom stereocenters. The summed E-state index contributed by atoms with van der Waals surface area (Å²) in [5.41, 5.74) is 0. The van der Waals surface area contributed by atoms with Crippen LogP contribution in [0.15, 0.2) is 23.1 Å². The van der Waals surface area contributed by atoms with Crippen LogP contribution in [0.2, 0.25) is 5.02 Å². The predicted octanol–water partition coefficient (Wildman–Crippen LogP) is 1.05. The zero-order chi connectivity index (χ0) is 15.3. The van der Waals surface area contributed by atoms with Gasteiger partial charge in [0, 0.05) is 32.7 Å². The quantitative estimate of drug-likeness (QED) is 0.763. The summed E-state index contributed by atoms with van der Waals surface area (Å²) in [6, 6.07) is 3.95. The first-order valence-corrected chi connectivity index (χ1v) is 8.73. The van der Waals surface area contributed by atoms with Gasteiger partial charge in [-0.25, -0.2) is 17.5 Å². The molecule has 0 saturated carbocycles. The van der Waals surface area contributed by atoms with Gasteiger partial charge in [-0.15, -0.1) is 0 Å². The number of nitrogens with zero attached hydrogens (tertiary/aromatic N) is 1. The summed E-state index contributed by atoms with van der Waals surface area (Å²) in [7, 11) is -3.86. The van der Waals surface area contributed by atoms with E-state index in [1.54, 1.807) is 0 Å². The highest BCUT2D eigenvalue weighted by Crippen LogP contribution is 2.21. The molecule has 118 valence electrons. The maximum absolute atomic E-state index is 13.7. The average Bonchev–Trinajstić information content (AvgIpc) is 2.47. The molecule has 1 fully saturated rings. The normalized spacial score (nSPS) is 17.0. The van der Waals surface area contributed by atoms with Gasteiger partial charge in [-0.1, -0.05) is 17.7 Å². The third-order valence-electron chi connectivity index (χ3n) is 3.36. The highest BCUT2D eigenvalue weighted by Gasteiger charge is 2.20. The maximum atomic E-state index is 13.7. The molecule has 21 heavy (non-hydrogen) atoms. The van der Waals surface area contributed by atoms with Crippen LogP contribution in [0.1, 0.15) is 6.42 Å². The van der Waals surface area contributed by atoms with Crippen LogP contribution < -0.4 is 10.0 Å². The molecular weight excluding hydrogens is 317 g/mol. The monoisotopic (exact) mass is 335 g/mol. The van der Waals surface area contributed by atoms with Crippen molar-refractivity contribution in [3.63, 3.8) is 0 Å². The van der Waals surface area contributed by atoms with E-state index in [2.05, 4.69) is 14.9 Å². The van der Waals surface area contributed by atoms with Gasteiger partial charge in [0.25, 0.3) is 0 Å². The van der Waals surface area contributed by atoms with Gasteiger partial charge >= 0.3 is 0 Å². The van der Waals surface area contributed by atoms with Crippen LogP contribution in [-0.4, -0.2) is 52.6 Å². The van der Waals surface area contributed by atoms with Crippen LogP contribution in [0.25, 0.3) is 0 Å². The summed E-state index contributed by atoms with van der Waals surface area (Å²) < 4.78 is 40.2. The largest absolute Gasteiger partial charge is 0.314 e. The average molecular weight is 336 g/mol. The molecule has 0 amide bonds. The van der Waals surface area contributed by atoms with E-state index in [1.165, 1.54) is 18.2 Å². The molecule has 0 radical (unpaired) electrons. The van der Waals surface area contributed by atoms with Crippen molar-refractivity contribution in [2.45, 2.75) is 11.3 Å². The first-order chi connectivity index (χ1) is 10.0. The number of halogens is 2. The van der Waals surface area contributed by atoms with Crippen molar-refractivity contribution in [1.82, 2.24) is 14.9 Å². The third-order valence-corrected chi connectivity index (χ3v) is 5.13. The Balaban J connectivity index is 1.85. The predicted molar refractivity (Wildman–Crippen MR) is 80.5 cm³/mol. The fraction of sp³-hybridized carbons (Fsp3) is 0.538. The second kappa shape index (κ2) is 7.51. The number of benzene rings is 1. The fourth-order valence-corrected chi connectivity index (χ4v) is 3.62. The number of piperazine rings is 1. The van der Waals surface area contributed by atoms with Crippen molar-refractivity contribution in [3.8, 4) is 0 Å². The van der Waals surface area contributed by atoms with E-state index in [9.17, 15) is 12.8 Å². The van der Waals surface area contributed by atoms with E-state index < -0.39 is 20.7 Å². The lowest BCUT2D eigenvalue weighted by Gasteiger charge is -2.27. The minimum Gasteiger partial charge on any atom is -0.314 e. The van der Waals surface area contributed by atoms with Gasteiger partial charge in [-0.3, -0.25) is 0 Å². The molecule has 1 aromatic carbocycles. The Morgan fingerprint density at radius 2 is 2.05 bits per heavy atom. The molecule has 8 heteroatoms. The van der Waals surface area contributed by atoms with Crippen molar-refractivity contribution < 1.29 is 12.8 Å². The third kappa shape index (κ3) is 4.62. The summed E-state index contributed by atoms with van der Waals surface area (Å²) in [4.78, 5) is 1.86. The van der Waals surface area contributed by atoms with Crippen LogP contribution in [-0.2, 0) is 10.0 Å². The van der Waals surface area contributed by atoms with Crippen molar-refractivity contribution in [3.05, 3.63) is 29.0 Å². The molecule has 0 bridgehead atoms. The van der Waals surface area contributed by atoms with Gasteiger partial charge in [-0.2, -0.15) is 0 Å². The van der Waals surface area contributed by atoms with Crippen LogP contribution in [0.3, 0.4) is 0 Å². The topological polar surface area (TPSA) is 61.4 Å². The Morgan fingerprint density at radius 3 is 2.76 bits per heavy atom. The van der Waals surface area contributed by atoms with E-state index in [0.717, 1.165) is 32.7 Å². The van der Waals surface area contributed by atoms with Crippen molar-refractivity contribution >= 4 is 21.6 Å². The summed E-state index contributed by atoms with van der Waals surface area (Å²) in [6.07, 6.45) is 0.682. The minimum absolute atomic E-state index is 0.196. The molecule has 0 atom stereocenters. The van der Waals surface area contributed by atoms with Crippen LogP contribution in [0.5, 0.6) is 0 Å². The zero-order valence-electron chi connectivity index (χ0n) is 11.6. The van der Waals surface area contributed by atoms with Gasteiger partial charge in [0.1, 0.15) is 4.90 Å². The van der Waals surface area contributed by atoms with Crippen molar-refractivity contribution in [2.75, 3.05) is 39.3 Å². The number of sulfonamides is 1. The van der Waals surface area contributed by atoms with E-state index in [4.69, 9.17) is 11.6 Å². The Bertz CT molecular complexity index is 577. The van der Waals surface area contributed by atoms with Gasteiger partial charge in [0.2, 0.25) is 10.0 Å². The standard InChI is InChI=1S/C13H19ClFN3O2S/c14-11-3-1-4-12(13(11)15)21(19,20)17-5-2-8-18-9-6-16-7-10-18/h1,3-4,16-17H,2,5-10H2. The first kappa shape index (κ1) is 16.6. The van der Waals surface area contributed by atoms with Crippen LogP contribution in [0, 0.1) is 5.82 Å². The second-order valence-electron chi connectivity index (χ2n) is 4.89. The zero-order valence-corrected chi connectivity index (χ0v) is 13.2. The van der Waals surface area contributed by atoms with E-state index in [1.807, 2.05) is 0 Å². The van der Waals surface area contributed by atoms with Gasteiger partial charge in [-0.05, 0) is 25.1 Å². The lowest BCUT2D eigenvalue weighted by Crippen LogP contribution is -2.44. The Hall–Kier alpha value is -0.730. The molecule has 2 rings (SSSR count). The lowest BCUT2D eigenvalue weighted by atomic mass is 10.3. The van der Waals surface area contributed by atoms with Crippen molar-refractivity contribution in [1.29, 1.82) is 0 Å². The molecule has 0 aromatic heterocycles. The molecule has 1 saturated heterocycles. The van der Waals surface area contributed by atoms with Crippen molar-refractivity contribution in [2.24, 2.45) is 0 Å². The number of hydrogen-bond donors (Lipinski definition) is 2. The Labute approximate surface area is 129 Å². The first-order valence-electron chi connectivity index (χ1n) is 6.87. The minimum atomic E-state index is -3.86. The fourth-order valence-electron chi connectivity index (χ4n) is 2.21. The molecule has 2 N–H and O–H groups in total. The maximum Gasteiger partial charge on any atom is 0.243 e. The van der Waals surface area contributed by atoms with Gasteiger partial charge < -0.3 is 10.2 Å². The molecule has 0 spiro atoms. The van der Waals surface area contributed by atoms with Crippen LogP contribution >= 0.6 is 11.6 Å². The van der Waals surface area contributed by atoms with Gasteiger partial charge in [0.15, 0.2) is 5.82 Å². The molecule has 1 heterocycles. The van der Waals surface area contributed by atoms with E-state index in [0.29, 0.717) is 6.42 Å².